The lowest BCUT2D eigenvalue weighted by Crippen LogP contribution is -2.02. The molecule has 16 heteroatoms. The molecule has 14 aromatic carbocycles. The summed E-state index contributed by atoms with van der Waals surface area (Å²) in [7, 11) is 9.26. The number of aliphatic hydroxyl groups excluding tert-OH is 3. The zero-order valence-electron chi connectivity index (χ0n) is 79.5. The van der Waals surface area contributed by atoms with Gasteiger partial charge in [-0.25, -0.2) is 0 Å². The molecule has 0 unspecified atom stereocenters. The van der Waals surface area contributed by atoms with Gasteiger partial charge in [-0.1, -0.05) is 348 Å². The molecular formula is C121H116O16. The third-order valence-corrected chi connectivity index (χ3v) is 20.8. The van der Waals surface area contributed by atoms with Gasteiger partial charge in [-0.15, -0.1) is 0 Å². The molecular weight excluding hydrogens is 1710 g/mol. The second kappa shape index (κ2) is 57.2. The molecule has 0 spiro atoms. The minimum atomic E-state index is -0.150. The van der Waals surface area contributed by atoms with E-state index in [0.29, 0.717) is 79.0 Å². The lowest BCUT2D eigenvalue weighted by molar-refractivity contribution is 0.103. The third-order valence-electron chi connectivity index (χ3n) is 20.8. The maximum absolute atomic E-state index is 12.4. The molecule has 0 amide bonds. The number of ether oxygens (including phenoxy) is 6. The predicted octanol–water partition coefficient (Wildman–Crippen LogP) is 25.8. The molecule has 16 nitrogen and oxygen atoms in total. The van der Waals surface area contributed by atoms with E-state index < -0.39 is 0 Å². The summed E-state index contributed by atoms with van der Waals surface area (Å²) in [5.74, 6) is 2.76. The van der Waals surface area contributed by atoms with Gasteiger partial charge in [-0.3, -0.25) is 33.6 Å². The van der Waals surface area contributed by atoms with Crippen molar-refractivity contribution < 1.29 is 77.3 Å². The van der Waals surface area contributed by atoms with Crippen LogP contribution in [0.25, 0.3) is 42.5 Å². The standard InChI is InChI=1S/3C18H18O3.3C17H16O2.C16H14O/c1-13-7-9-14(10-8-13)11-12-15(19)18-16(20-2)5-4-6-17(18)21-3;1-13-3-5-14(6-4-13)8-10-17(20)16-9-7-15(12-19)11-18(16)21-2;1-13-3-5-14(6-4-13)7-9-17(20)16-11-15(12-19)8-10-18(16)21-2;1-13-6-8-14(9-7-13)10-11-17(18)15-4-3-5-16(12-15)19-2;1-13-7-9-14(10-8-13)11-12-16(18)15-5-3-4-6-17(15)19-2;1-13-2-4-14(5-3-13)8-11-17(19)16-9-6-15(12-18)7-10-16;1-13-7-9-14(10-8-13)11-12-16(17)15-5-3-2-4-6-15/h4-12H,1-3H3;2*3-11,19H,12H2,1-2H3;2*3-12H,1-2H3;2-11,18H,12H2,1H3;2-12H,1H3/b12-11+;10-8+;9-7+;11-10+;12-11+;11-8+;12-11+. The molecule has 0 radical (unpaired) electrons. The minimum absolute atomic E-state index is 0.00627. The van der Waals surface area contributed by atoms with Gasteiger partial charge in [0.25, 0.3) is 0 Å². The zero-order chi connectivity index (χ0) is 98.8. The van der Waals surface area contributed by atoms with Crippen LogP contribution in [0.15, 0.2) is 370 Å². The second-order valence-corrected chi connectivity index (χ2v) is 31.3. The van der Waals surface area contributed by atoms with E-state index in [1.165, 1.54) is 85.6 Å². The highest BCUT2D eigenvalue weighted by Gasteiger charge is 2.18. The Kier molecular flexibility index (Phi) is 44.2. The largest absolute Gasteiger partial charge is 0.497 e. The molecule has 0 aliphatic heterocycles. The van der Waals surface area contributed by atoms with Gasteiger partial charge in [0.1, 0.15) is 40.1 Å². The fourth-order valence-electron chi connectivity index (χ4n) is 12.8. The molecule has 14 rings (SSSR count). The summed E-state index contributed by atoms with van der Waals surface area (Å²) in [6.45, 7) is 14.0. The van der Waals surface area contributed by atoms with Crippen LogP contribution >= 0.6 is 0 Å². The molecule has 14 aromatic rings. The molecule has 3 N–H and O–H groups in total. The predicted molar refractivity (Wildman–Crippen MR) is 554 cm³/mol. The number of hydrogen-bond donors (Lipinski definition) is 3. The number of allylic oxidation sites excluding steroid dienone is 7. The number of carbonyl (C=O) groups excluding carboxylic acids is 7. The first-order valence-electron chi connectivity index (χ1n) is 44.1. The van der Waals surface area contributed by atoms with Crippen molar-refractivity contribution in [2.75, 3.05) is 42.7 Å². The Hall–Kier alpha value is -16.4. The summed E-state index contributed by atoms with van der Waals surface area (Å²) in [4.78, 5) is 84.8. The van der Waals surface area contributed by atoms with Crippen LogP contribution < -0.4 is 28.4 Å². The van der Waals surface area contributed by atoms with Gasteiger partial charge in [-0.2, -0.15) is 0 Å². The number of ketones is 7. The Morgan fingerprint density at radius 1 is 0.212 bits per heavy atom. The molecule has 0 aliphatic carbocycles. The molecule has 0 bridgehead atoms. The van der Waals surface area contributed by atoms with Crippen LogP contribution in [0.2, 0.25) is 0 Å². The number of benzene rings is 14. The van der Waals surface area contributed by atoms with Crippen LogP contribution in [0.1, 0.15) is 167 Å². The number of para-hydroxylation sites is 1. The number of rotatable bonds is 30. The molecule has 0 aliphatic rings. The smallest absolute Gasteiger partial charge is 0.193 e. The zero-order valence-corrected chi connectivity index (χ0v) is 79.5. The minimum Gasteiger partial charge on any atom is -0.497 e. The Balaban J connectivity index is 0.000000196. The van der Waals surface area contributed by atoms with Gasteiger partial charge in [0.2, 0.25) is 0 Å². The number of methoxy groups -OCH3 is 6. The number of aliphatic hydroxyl groups is 3. The van der Waals surface area contributed by atoms with E-state index in [1.807, 2.05) is 297 Å². The van der Waals surface area contributed by atoms with Gasteiger partial charge >= 0.3 is 0 Å². The Morgan fingerprint density at radius 2 is 0.482 bits per heavy atom. The van der Waals surface area contributed by atoms with E-state index in [9.17, 15) is 38.7 Å². The second-order valence-electron chi connectivity index (χ2n) is 31.3. The van der Waals surface area contributed by atoms with Crippen LogP contribution in [0, 0.1) is 48.5 Å². The van der Waals surface area contributed by atoms with Crippen molar-refractivity contribution in [2.45, 2.75) is 68.3 Å². The van der Waals surface area contributed by atoms with Crippen LogP contribution in [0.5, 0.6) is 34.5 Å². The van der Waals surface area contributed by atoms with Gasteiger partial charge < -0.3 is 43.7 Å². The van der Waals surface area contributed by atoms with Gasteiger partial charge in [0.15, 0.2) is 40.5 Å². The van der Waals surface area contributed by atoms with Crippen LogP contribution in [-0.2, 0) is 19.8 Å². The van der Waals surface area contributed by atoms with Crippen molar-refractivity contribution in [2.24, 2.45) is 0 Å². The fraction of sp³-hybridized carbons (Fsp3) is 0.132. The van der Waals surface area contributed by atoms with Crippen molar-refractivity contribution in [1.29, 1.82) is 0 Å². The summed E-state index contributed by atoms with van der Waals surface area (Å²) in [6, 6.07) is 102. The molecule has 0 heterocycles. The van der Waals surface area contributed by atoms with Crippen molar-refractivity contribution in [1.82, 2.24) is 0 Å². The lowest BCUT2D eigenvalue weighted by atomic mass is 10.0. The highest BCUT2D eigenvalue weighted by Crippen LogP contribution is 2.31. The number of carbonyl (C=O) groups is 7. The van der Waals surface area contributed by atoms with E-state index in [4.69, 9.17) is 38.6 Å². The van der Waals surface area contributed by atoms with Crippen LogP contribution in [0.4, 0.5) is 0 Å². The summed E-state index contributed by atoms with van der Waals surface area (Å²) in [5, 5.41) is 27.2. The molecule has 0 saturated carbocycles. The summed E-state index contributed by atoms with van der Waals surface area (Å²) in [6.07, 6.45) is 23.5. The highest BCUT2D eigenvalue weighted by molar-refractivity contribution is 6.12. The van der Waals surface area contributed by atoms with E-state index in [1.54, 1.807) is 160 Å². The van der Waals surface area contributed by atoms with Crippen molar-refractivity contribution in [3.8, 4) is 34.5 Å². The molecule has 0 aromatic heterocycles. The van der Waals surface area contributed by atoms with E-state index in [-0.39, 0.29) is 60.3 Å². The van der Waals surface area contributed by atoms with E-state index in [2.05, 4.69) is 0 Å². The van der Waals surface area contributed by atoms with Gasteiger partial charge in [-0.05, 0) is 207 Å². The van der Waals surface area contributed by atoms with E-state index >= 15 is 0 Å². The van der Waals surface area contributed by atoms with E-state index in [0.717, 1.165) is 50.1 Å². The quantitative estimate of drug-likeness (QED) is 0.0280. The molecule has 0 saturated heterocycles. The Labute approximate surface area is 804 Å². The SMILES string of the molecule is COc1cc(CO)ccc1C(=O)/C=C/c1ccc(C)cc1.COc1ccc(CO)cc1C(=O)/C=C/c1ccc(C)cc1.COc1cccc(C(=O)/C=C/c2ccc(C)cc2)c1.COc1cccc(OC)c1C(=O)/C=C/c1ccc(C)cc1.COc1ccccc1C(=O)/C=C/c1ccc(C)cc1.Cc1ccc(/C=C/C(=O)c2ccc(CO)cc2)cc1.Cc1ccc(/C=C/C(=O)c2ccccc2)cc1. The highest BCUT2D eigenvalue weighted by atomic mass is 16.5. The average molecular weight is 1830 g/mol. The van der Waals surface area contributed by atoms with Crippen molar-refractivity contribution >= 4 is 83.0 Å². The Morgan fingerprint density at radius 3 is 0.839 bits per heavy atom. The number of aryl methyl sites for hydroxylation is 7. The Bertz CT molecular complexity index is 6450. The first-order chi connectivity index (χ1) is 66.2. The first-order valence-corrected chi connectivity index (χ1v) is 44.1. The van der Waals surface area contributed by atoms with Crippen LogP contribution in [0.3, 0.4) is 0 Å². The first kappa shape index (κ1) is 106. The average Bonchev–Trinajstić information content (AvgIpc) is 0.822. The summed E-state index contributed by atoms with van der Waals surface area (Å²) in [5.41, 5.74) is 21.5. The van der Waals surface area contributed by atoms with Crippen molar-refractivity contribution in [3.05, 3.63) is 504 Å². The van der Waals surface area contributed by atoms with Gasteiger partial charge in [0.05, 0.1) is 79.2 Å². The maximum Gasteiger partial charge on any atom is 0.193 e. The molecule has 0 atom stereocenters. The molecule has 0 fully saturated rings. The topological polar surface area (TPSA) is 236 Å². The van der Waals surface area contributed by atoms with Gasteiger partial charge in [0, 0.05) is 16.7 Å². The van der Waals surface area contributed by atoms with Crippen LogP contribution in [-0.4, -0.2) is 98.5 Å². The molecule has 696 valence electrons. The monoisotopic (exact) mass is 1820 g/mol. The maximum atomic E-state index is 12.4. The third kappa shape index (κ3) is 36.3. The normalized spacial score (nSPS) is 10.7. The summed E-state index contributed by atoms with van der Waals surface area (Å²) < 4.78 is 31.2. The fourth-order valence-corrected chi connectivity index (χ4v) is 12.8. The molecule has 137 heavy (non-hydrogen) atoms. The lowest BCUT2D eigenvalue weighted by Gasteiger charge is -2.10. The van der Waals surface area contributed by atoms with Crippen molar-refractivity contribution in [3.63, 3.8) is 0 Å². The number of hydrogen-bond acceptors (Lipinski definition) is 16. The summed E-state index contributed by atoms with van der Waals surface area (Å²) >= 11 is 0.